The minimum absolute atomic E-state index is 0.145. The molecule has 0 spiro atoms. The first-order valence-electron chi connectivity index (χ1n) is 6.02. The molecule has 0 saturated heterocycles. The summed E-state index contributed by atoms with van der Waals surface area (Å²) in [7, 11) is 0. The smallest absolute Gasteiger partial charge is 0.314 e. The molecule has 5 heteroatoms. The molecule has 1 aliphatic carbocycles. The maximum Gasteiger partial charge on any atom is 0.314 e. The van der Waals surface area contributed by atoms with Gasteiger partial charge in [0.05, 0.1) is 17.0 Å². The molecular formula is C14H13F2NO2. The van der Waals surface area contributed by atoms with Gasteiger partial charge in [0.15, 0.2) is 0 Å². The van der Waals surface area contributed by atoms with E-state index in [-0.39, 0.29) is 18.4 Å². The second-order valence-corrected chi connectivity index (χ2v) is 4.90. The molecular weight excluding hydrogens is 252 g/mol. The van der Waals surface area contributed by atoms with Gasteiger partial charge in [-0.2, -0.15) is 5.26 Å². The summed E-state index contributed by atoms with van der Waals surface area (Å²) >= 11 is 0. The van der Waals surface area contributed by atoms with Crippen molar-refractivity contribution in [1.29, 1.82) is 5.26 Å². The van der Waals surface area contributed by atoms with Gasteiger partial charge in [-0.25, -0.2) is 8.78 Å². The maximum atomic E-state index is 13.3. The SMILES string of the molecule is N#Cc1ccccc1C1(C(=O)O)CCC(F)(F)CC1. The molecule has 100 valence electrons. The summed E-state index contributed by atoms with van der Waals surface area (Å²) in [6.45, 7) is 0. The fourth-order valence-electron chi connectivity index (χ4n) is 2.64. The van der Waals surface area contributed by atoms with Gasteiger partial charge in [-0.15, -0.1) is 0 Å². The van der Waals surface area contributed by atoms with Crippen LogP contribution in [0, 0.1) is 11.3 Å². The Kier molecular flexibility index (Phi) is 3.27. The van der Waals surface area contributed by atoms with E-state index in [1.165, 1.54) is 6.07 Å². The molecule has 1 fully saturated rings. The van der Waals surface area contributed by atoms with Gasteiger partial charge in [0.2, 0.25) is 5.92 Å². The monoisotopic (exact) mass is 265 g/mol. The molecule has 2 rings (SSSR count). The first-order valence-corrected chi connectivity index (χ1v) is 6.02. The molecule has 0 amide bonds. The van der Waals surface area contributed by atoms with Crippen LogP contribution < -0.4 is 0 Å². The zero-order valence-corrected chi connectivity index (χ0v) is 10.2. The fraction of sp³-hybridized carbons (Fsp3) is 0.429. The van der Waals surface area contributed by atoms with E-state index in [1.807, 2.05) is 6.07 Å². The van der Waals surface area contributed by atoms with Crippen molar-refractivity contribution in [3.8, 4) is 6.07 Å². The first-order chi connectivity index (χ1) is 8.91. The van der Waals surface area contributed by atoms with Crippen molar-refractivity contribution in [3.63, 3.8) is 0 Å². The molecule has 0 aliphatic heterocycles. The second kappa shape index (κ2) is 4.61. The van der Waals surface area contributed by atoms with Crippen molar-refractivity contribution in [2.24, 2.45) is 0 Å². The normalized spacial score (nSPS) is 20.5. The third kappa shape index (κ3) is 2.30. The van der Waals surface area contributed by atoms with Gasteiger partial charge < -0.3 is 5.11 Å². The highest BCUT2D eigenvalue weighted by atomic mass is 19.3. The number of carboxylic acids is 1. The zero-order valence-electron chi connectivity index (χ0n) is 10.2. The number of halogens is 2. The van der Waals surface area contributed by atoms with Gasteiger partial charge in [0.1, 0.15) is 0 Å². The Morgan fingerprint density at radius 2 is 1.79 bits per heavy atom. The maximum absolute atomic E-state index is 13.3. The highest BCUT2D eigenvalue weighted by Gasteiger charge is 2.49. The molecule has 3 nitrogen and oxygen atoms in total. The molecule has 1 saturated carbocycles. The number of benzene rings is 1. The summed E-state index contributed by atoms with van der Waals surface area (Å²) in [5, 5.41) is 18.5. The average Bonchev–Trinajstić information content (AvgIpc) is 2.39. The summed E-state index contributed by atoms with van der Waals surface area (Å²) in [6.07, 6.45) is -1.21. The molecule has 0 unspecified atom stereocenters. The summed E-state index contributed by atoms with van der Waals surface area (Å²) < 4.78 is 26.5. The Labute approximate surface area is 109 Å². The van der Waals surface area contributed by atoms with Crippen LogP contribution in [0.15, 0.2) is 24.3 Å². The van der Waals surface area contributed by atoms with E-state index in [4.69, 9.17) is 5.26 Å². The van der Waals surface area contributed by atoms with Crippen molar-refractivity contribution in [3.05, 3.63) is 35.4 Å². The lowest BCUT2D eigenvalue weighted by atomic mass is 9.67. The van der Waals surface area contributed by atoms with Crippen LogP contribution in [0.25, 0.3) is 0 Å². The topological polar surface area (TPSA) is 61.1 Å². The highest BCUT2D eigenvalue weighted by Crippen LogP contribution is 2.46. The van der Waals surface area contributed by atoms with Crippen LogP contribution in [0.2, 0.25) is 0 Å². The molecule has 1 aliphatic rings. The Bertz CT molecular complexity index is 539. The number of carboxylic acid groups (broad SMARTS) is 1. The summed E-state index contributed by atoms with van der Waals surface area (Å²) in [5.41, 5.74) is -0.774. The predicted octanol–water partition coefficient (Wildman–Crippen LogP) is 3.09. The van der Waals surface area contributed by atoms with Gasteiger partial charge in [-0.1, -0.05) is 18.2 Å². The number of nitrogens with zero attached hydrogens (tertiary/aromatic N) is 1. The number of alkyl halides is 2. The van der Waals surface area contributed by atoms with Crippen molar-refractivity contribution in [1.82, 2.24) is 0 Å². The lowest BCUT2D eigenvalue weighted by Gasteiger charge is -2.37. The molecule has 0 aromatic heterocycles. The summed E-state index contributed by atoms with van der Waals surface area (Å²) in [6, 6.07) is 8.28. The Morgan fingerprint density at radius 1 is 1.21 bits per heavy atom. The number of hydrogen-bond acceptors (Lipinski definition) is 2. The Hall–Kier alpha value is -1.96. The molecule has 19 heavy (non-hydrogen) atoms. The van der Waals surface area contributed by atoms with Crippen LogP contribution in [0.4, 0.5) is 8.78 Å². The standard InChI is InChI=1S/C14H13F2NO2/c15-14(16)7-5-13(6-8-14,12(18)19)11-4-2-1-3-10(11)9-17/h1-4H,5-8H2,(H,18,19). The Balaban J connectivity index is 2.48. The molecule has 0 heterocycles. The van der Waals surface area contributed by atoms with Gasteiger partial charge >= 0.3 is 5.97 Å². The lowest BCUT2D eigenvalue weighted by molar-refractivity contribution is -0.149. The molecule has 1 aromatic rings. The number of carbonyl (C=O) groups is 1. The third-order valence-corrected chi connectivity index (χ3v) is 3.81. The predicted molar refractivity (Wildman–Crippen MR) is 63.9 cm³/mol. The van der Waals surface area contributed by atoms with Crippen molar-refractivity contribution < 1.29 is 18.7 Å². The van der Waals surface area contributed by atoms with E-state index >= 15 is 0 Å². The number of aliphatic carboxylic acids is 1. The van der Waals surface area contributed by atoms with E-state index in [2.05, 4.69) is 0 Å². The Morgan fingerprint density at radius 3 is 2.32 bits per heavy atom. The van der Waals surface area contributed by atoms with Gasteiger partial charge in [-0.3, -0.25) is 4.79 Å². The quantitative estimate of drug-likeness (QED) is 0.893. The van der Waals surface area contributed by atoms with E-state index in [9.17, 15) is 18.7 Å². The van der Waals surface area contributed by atoms with E-state index in [1.54, 1.807) is 18.2 Å². The lowest BCUT2D eigenvalue weighted by Crippen LogP contribution is -2.43. The van der Waals surface area contributed by atoms with Crippen molar-refractivity contribution in [2.45, 2.75) is 37.0 Å². The summed E-state index contributed by atoms with van der Waals surface area (Å²) in [4.78, 5) is 11.6. The molecule has 1 N–H and O–H groups in total. The van der Waals surface area contributed by atoms with E-state index in [0.29, 0.717) is 5.56 Å². The molecule has 0 radical (unpaired) electrons. The van der Waals surface area contributed by atoms with E-state index < -0.39 is 30.1 Å². The average molecular weight is 265 g/mol. The summed E-state index contributed by atoms with van der Waals surface area (Å²) in [5.74, 6) is -3.94. The largest absolute Gasteiger partial charge is 0.481 e. The molecule has 1 aromatic carbocycles. The van der Waals surface area contributed by atoms with Gasteiger partial charge in [0.25, 0.3) is 0 Å². The minimum atomic E-state index is -2.81. The van der Waals surface area contributed by atoms with Crippen LogP contribution in [0.1, 0.15) is 36.8 Å². The molecule has 0 bridgehead atoms. The van der Waals surface area contributed by atoms with E-state index in [0.717, 1.165) is 0 Å². The van der Waals surface area contributed by atoms with Crippen molar-refractivity contribution >= 4 is 5.97 Å². The van der Waals surface area contributed by atoms with Crippen LogP contribution >= 0.6 is 0 Å². The highest BCUT2D eigenvalue weighted by molar-refractivity contribution is 5.82. The second-order valence-electron chi connectivity index (χ2n) is 4.90. The van der Waals surface area contributed by atoms with Gasteiger partial charge in [-0.05, 0) is 24.5 Å². The third-order valence-electron chi connectivity index (χ3n) is 3.81. The van der Waals surface area contributed by atoms with Crippen LogP contribution in [0.3, 0.4) is 0 Å². The van der Waals surface area contributed by atoms with Gasteiger partial charge in [0, 0.05) is 12.8 Å². The number of nitriles is 1. The molecule has 0 atom stereocenters. The van der Waals surface area contributed by atoms with Crippen LogP contribution in [-0.4, -0.2) is 17.0 Å². The fourth-order valence-corrected chi connectivity index (χ4v) is 2.64. The zero-order chi connectivity index (χ0) is 14.1. The van der Waals surface area contributed by atoms with Crippen LogP contribution in [-0.2, 0) is 10.2 Å². The first kappa shape index (κ1) is 13.5. The minimum Gasteiger partial charge on any atom is -0.481 e. The van der Waals surface area contributed by atoms with Crippen molar-refractivity contribution in [2.75, 3.05) is 0 Å². The number of rotatable bonds is 2. The van der Waals surface area contributed by atoms with Crippen LogP contribution in [0.5, 0.6) is 0 Å². The number of hydrogen-bond donors (Lipinski definition) is 1.